The number of likely N-dealkylation sites (N-methyl/N-ethyl adjacent to an activating group) is 2. The van der Waals surface area contributed by atoms with Gasteiger partial charge in [-0.05, 0) is 38.6 Å². The number of halogens is 1. The summed E-state index contributed by atoms with van der Waals surface area (Å²) >= 11 is 0. The largest absolute Gasteiger partial charge is 0.355 e. The van der Waals surface area contributed by atoms with Gasteiger partial charge in [-0.15, -0.1) is 12.4 Å². The molecule has 1 saturated carbocycles. The summed E-state index contributed by atoms with van der Waals surface area (Å²) in [5, 5.41) is 2.73. The molecular formula is C15H30ClN3O2. The summed E-state index contributed by atoms with van der Waals surface area (Å²) in [4.78, 5) is 25.7. The maximum Gasteiger partial charge on any atom is 0.239 e. The zero-order chi connectivity index (χ0) is 15.0. The first kappa shape index (κ1) is 20.2. The molecule has 1 rings (SSSR count). The summed E-state index contributed by atoms with van der Waals surface area (Å²) < 4.78 is 0. The first-order valence-electron chi connectivity index (χ1n) is 7.81. The number of rotatable bonds is 7. The van der Waals surface area contributed by atoms with Gasteiger partial charge in [0.05, 0.1) is 6.54 Å². The fourth-order valence-corrected chi connectivity index (χ4v) is 2.99. The Bertz CT molecular complexity index is 331. The Morgan fingerprint density at radius 1 is 1.19 bits per heavy atom. The molecule has 0 heterocycles. The SMILES string of the molecule is CCNC(=O)CN(CC)C(=O)CC1(CN)CCCCC1.Cl. The molecule has 0 unspecified atom stereocenters. The van der Waals surface area contributed by atoms with E-state index in [9.17, 15) is 9.59 Å². The molecule has 0 atom stereocenters. The number of carbonyl (C=O) groups is 2. The van der Waals surface area contributed by atoms with Gasteiger partial charge in [-0.1, -0.05) is 19.3 Å². The molecule has 0 aliphatic heterocycles. The number of hydrogen-bond acceptors (Lipinski definition) is 3. The molecule has 124 valence electrons. The van der Waals surface area contributed by atoms with Crippen LogP contribution < -0.4 is 11.1 Å². The van der Waals surface area contributed by atoms with Crippen LogP contribution in [0.3, 0.4) is 0 Å². The lowest BCUT2D eigenvalue weighted by atomic mass is 9.71. The monoisotopic (exact) mass is 319 g/mol. The maximum absolute atomic E-state index is 12.4. The Morgan fingerprint density at radius 3 is 2.29 bits per heavy atom. The van der Waals surface area contributed by atoms with Crippen molar-refractivity contribution in [1.82, 2.24) is 10.2 Å². The maximum atomic E-state index is 12.4. The molecule has 0 saturated heterocycles. The summed E-state index contributed by atoms with van der Waals surface area (Å²) in [6.45, 7) is 5.67. The molecule has 3 N–H and O–H groups in total. The van der Waals surface area contributed by atoms with Gasteiger partial charge in [0, 0.05) is 19.5 Å². The average molecular weight is 320 g/mol. The molecule has 0 radical (unpaired) electrons. The van der Waals surface area contributed by atoms with Crippen molar-refractivity contribution in [3.63, 3.8) is 0 Å². The van der Waals surface area contributed by atoms with E-state index in [1.54, 1.807) is 4.90 Å². The second kappa shape index (κ2) is 10.0. The molecule has 0 aromatic heterocycles. The van der Waals surface area contributed by atoms with E-state index in [1.165, 1.54) is 6.42 Å². The summed E-state index contributed by atoms with van der Waals surface area (Å²) in [5.41, 5.74) is 5.89. The zero-order valence-corrected chi connectivity index (χ0v) is 14.1. The smallest absolute Gasteiger partial charge is 0.239 e. The van der Waals surface area contributed by atoms with Crippen LogP contribution in [-0.2, 0) is 9.59 Å². The van der Waals surface area contributed by atoms with Crippen LogP contribution in [0.4, 0.5) is 0 Å². The van der Waals surface area contributed by atoms with E-state index in [2.05, 4.69) is 5.32 Å². The molecule has 5 nitrogen and oxygen atoms in total. The lowest BCUT2D eigenvalue weighted by Gasteiger charge is -2.37. The predicted octanol–water partition coefficient (Wildman–Crippen LogP) is 1.69. The first-order valence-corrected chi connectivity index (χ1v) is 7.81. The molecule has 2 amide bonds. The van der Waals surface area contributed by atoms with Crippen molar-refractivity contribution in [3.8, 4) is 0 Å². The zero-order valence-electron chi connectivity index (χ0n) is 13.3. The van der Waals surface area contributed by atoms with Crippen LogP contribution in [0.15, 0.2) is 0 Å². The molecular weight excluding hydrogens is 290 g/mol. The van der Waals surface area contributed by atoms with E-state index in [0.29, 0.717) is 26.1 Å². The second-order valence-corrected chi connectivity index (χ2v) is 5.80. The fraction of sp³-hybridized carbons (Fsp3) is 0.867. The fourth-order valence-electron chi connectivity index (χ4n) is 2.99. The third kappa shape index (κ3) is 6.22. The van der Waals surface area contributed by atoms with Gasteiger partial charge in [-0.2, -0.15) is 0 Å². The highest BCUT2D eigenvalue weighted by Crippen LogP contribution is 2.38. The van der Waals surface area contributed by atoms with E-state index >= 15 is 0 Å². The van der Waals surface area contributed by atoms with E-state index in [4.69, 9.17) is 5.73 Å². The first-order chi connectivity index (χ1) is 9.56. The highest BCUT2D eigenvalue weighted by atomic mass is 35.5. The van der Waals surface area contributed by atoms with Gasteiger partial charge in [-0.3, -0.25) is 9.59 Å². The third-order valence-electron chi connectivity index (χ3n) is 4.32. The van der Waals surface area contributed by atoms with E-state index < -0.39 is 0 Å². The van der Waals surface area contributed by atoms with Crippen molar-refractivity contribution < 1.29 is 9.59 Å². The van der Waals surface area contributed by atoms with Crippen molar-refractivity contribution in [1.29, 1.82) is 0 Å². The Kier molecular flexibility index (Phi) is 9.62. The molecule has 0 bridgehead atoms. The number of hydrogen-bond donors (Lipinski definition) is 2. The van der Waals surface area contributed by atoms with E-state index in [0.717, 1.165) is 25.7 Å². The minimum absolute atomic E-state index is 0. The van der Waals surface area contributed by atoms with Crippen molar-refractivity contribution in [2.24, 2.45) is 11.1 Å². The molecule has 1 aliphatic carbocycles. The summed E-state index contributed by atoms with van der Waals surface area (Å²) in [6.07, 6.45) is 6.12. The van der Waals surface area contributed by atoms with Crippen LogP contribution >= 0.6 is 12.4 Å². The average Bonchev–Trinajstić information content (AvgIpc) is 2.46. The Hall–Kier alpha value is -0.810. The lowest BCUT2D eigenvalue weighted by Crippen LogP contribution is -2.44. The number of amides is 2. The summed E-state index contributed by atoms with van der Waals surface area (Å²) in [6, 6.07) is 0. The van der Waals surface area contributed by atoms with Crippen LogP contribution in [0.5, 0.6) is 0 Å². The van der Waals surface area contributed by atoms with Gasteiger partial charge >= 0.3 is 0 Å². The minimum Gasteiger partial charge on any atom is -0.355 e. The standard InChI is InChI=1S/C15H29N3O2.ClH/c1-3-17-13(19)11-18(4-2)14(20)10-15(12-16)8-6-5-7-9-15;/h3-12,16H2,1-2H3,(H,17,19);1H. The molecule has 0 spiro atoms. The normalized spacial score (nSPS) is 16.7. The number of carbonyl (C=O) groups excluding carboxylic acids is 2. The lowest BCUT2D eigenvalue weighted by molar-refractivity contribution is -0.138. The number of nitrogens with one attached hydrogen (secondary N) is 1. The molecule has 6 heteroatoms. The summed E-state index contributed by atoms with van der Waals surface area (Å²) in [5.74, 6) is -0.0285. The summed E-state index contributed by atoms with van der Waals surface area (Å²) in [7, 11) is 0. The van der Waals surface area contributed by atoms with E-state index in [-0.39, 0.29) is 36.2 Å². The minimum atomic E-state index is -0.0897. The molecule has 1 fully saturated rings. The Labute approximate surface area is 134 Å². The molecule has 21 heavy (non-hydrogen) atoms. The number of nitrogens with zero attached hydrogens (tertiary/aromatic N) is 1. The van der Waals surface area contributed by atoms with Crippen LogP contribution in [0, 0.1) is 5.41 Å². The highest BCUT2D eigenvalue weighted by molar-refractivity contribution is 5.85. The molecule has 0 aromatic carbocycles. The van der Waals surface area contributed by atoms with Gasteiger partial charge in [0.15, 0.2) is 0 Å². The van der Waals surface area contributed by atoms with Gasteiger partial charge < -0.3 is 16.0 Å². The van der Waals surface area contributed by atoms with Crippen molar-refractivity contribution in [2.45, 2.75) is 52.4 Å². The Morgan fingerprint density at radius 2 is 1.81 bits per heavy atom. The van der Waals surface area contributed by atoms with E-state index in [1.807, 2.05) is 13.8 Å². The molecule has 0 aromatic rings. The predicted molar refractivity (Wildman–Crippen MR) is 87.4 cm³/mol. The van der Waals surface area contributed by atoms with Crippen LogP contribution in [0.25, 0.3) is 0 Å². The van der Waals surface area contributed by atoms with Gasteiger partial charge in [0.2, 0.25) is 11.8 Å². The highest BCUT2D eigenvalue weighted by Gasteiger charge is 2.34. The third-order valence-corrected chi connectivity index (χ3v) is 4.32. The second-order valence-electron chi connectivity index (χ2n) is 5.80. The quantitative estimate of drug-likeness (QED) is 0.750. The molecule has 1 aliphatic rings. The van der Waals surface area contributed by atoms with Crippen molar-refractivity contribution in [2.75, 3.05) is 26.2 Å². The number of nitrogens with two attached hydrogens (primary N) is 1. The van der Waals surface area contributed by atoms with Gasteiger partial charge in [0.1, 0.15) is 0 Å². The van der Waals surface area contributed by atoms with Crippen LogP contribution in [0.2, 0.25) is 0 Å². The van der Waals surface area contributed by atoms with Crippen LogP contribution in [-0.4, -0.2) is 42.9 Å². The van der Waals surface area contributed by atoms with Crippen molar-refractivity contribution >= 4 is 24.2 Å². The van der Waals surface area contributed by atoms with Crippen LogP contribution in [0.1, 0.15) is 52.4 Å². The Balaban J connectivity index is 0.00000400. The topological polar surface area (TPSA) is 75.4 Å². The van der Waals surface area contributed by atoms with Gasteiger partial charge in [-0.25, -0.2) is 0 Å². The van der Waals surface area contributed by atoms with Crippen molar-refractivity contribution in [3.05, 3.63) is 0 Å². The van der Waals surface area contributed by atoms with Gasteiger partial charge in [0.25, 0.3) is 0 Å².